The van der Waals surface area contributed by atoms with E-state index in [1.807, 2.05) is 0 Å². The second-order valence-electron chi connectivity index (χ2n) is 4.20. The van der Waals surface area contributed by atoms with Crippen molar-refractivity contribution in [3.05, 3.63) is 22.6 Å². The van der Waals surface area contributed by atoms with Crippen molar-refractivity contribution >= 4 is 29.0 Å². The normalized spacial score (nSPS) is 16.7. The zero-order valence-electron chi connectivity index (χ0n) is 11.9. The summed E-state index contributed by atoms with van der Waals surface area (Å²) in [5, 5.41) is 9.56. The number of methoxy groups -OCH3 is 2. The highest BCUT2D eigenvalue weighted by molar-refractivity contribution is 8.18. The molecule has 2 amide bonds. The predicted octanol–water partition coefficient (Wildman–Crippen LogP) is 2.47. The topological polar surface area (TPSA) is 76.1 Å². The number of hydrogen-bond acceptors (Lipinski definition) is 6. The number of carbonyl (C=O) groups is 2. The van der Waals surface area contributed by atoms with Crippen molar-refractivity contribution in [3.63, 3.8) is 0 Å². The van der Waals surface area contributed by atoms with Gasteiger partial charge in [-0.1, -0.05) is 0 Å². The minimum absolute atomic E-state index is 0.112. The number of thioether (sulfide) groups is 1. The number of rotatable bonds is 4. The van der Waals surface area contributed by atoms with Crippen LogP contribution in [0, 0.1) is 0 Å². The number of phenolic OH excluding ortho intramolecular Hbond substituents is 1. The van der Waals surface area contributed by atoms with Crippen molar-refractivity contribution in [3.8, 4) is 17.2 Å². The Bertz CT molecular complexity index is 601. The fourth-order valence-corrected chi connectivity index (χ4v) is 2.82. The molecule has 0 bridgehead atoms. The first kappa shape index (κ1) is 15.2. The lowest BCUT2D eigenvalue weighted by atomic mass is 10.1. The average Bonchev–Trinajstić information content (AvgIpc) is 2.74. The minimum atomic E-state index is -0.321. The smallest absolute Gasteiger partial charge is 0.293 e. The van der Waals surface area contributed by atoms with Gasteiger partial charge in [0.05, 0.1) is 19.1 Å². The molecule has 1 heterocycles. The number of imide groups is 1. The third kappa shape index (κ3) is 2.82. The van der Waals surface area contributed by atoms with E-state index in [4.69, 9.17) is 9.47 Å². The van der Waals surface area contributed by atoms with Gasteiger partial charge in [0.25, 0.3) is 11.1 Å². The van der Waals surface area contributed by atoms with Crippen LogP contribution in [-0.4, -0.2) is 41.9 Å². The first-order chi connectivity index (χ1) is 10.0. The number of phenols is 1. The van der Waals surface area contributed by atoms with Gasteiger partial charge in [0.1, 0.15) is 0 Å². The van der Waals surface area contributed by atoms with Gasteiger partial charge >= 0.3 is 0 Å². The molecule has 0 aromatic heterocycles. The van der Waals surface area contributed by atoms with E-state index in [-0.39, 0.29) is 28.4 Å². The zero-order chi connectivity index (χ0) is 15.6. The van der Waals surface area contributed by atoms with Crippen molar-refractivity contribution in [2.45, 2.75) is 6.92 Å². The van der Waals surface area contributed by atoms with E-state index in [2.05, 4.69) is 0 Å². The summed E-state index contributed by atoms with van der Waals surface area (Å²) < 4.78 is 10.1. The van der Waals surface area contributed by atoms with Crippen LogP contribution in [-0.2, 0) is 4.79 Å². The van der Waals surface area contributed by atoms with Crippen molar-refractivity contribution < 1.29 is 24.2 Å². The fourth-order valence-electron chi connectivity index (χ4n) is 1.92. The van der Waals surface area contributed by atoms with Gasteiger partial charge in [-0.25, -0.2) is 0 Å². The Morgan fingerprint density at radius 2 is 1.81 bits per heavy atom. The number of likely N-dealkylation sites (N-methyl/N-ethyl adjacent to an activating group) is 1. The number of ether oxygens (including phenoxy) is 2. The number of benzene rings is 1. The lowest BCUT2D eigenvalue weighted by molar-refractivity contribution is -0.122. The number of hydrogen-bond donors (Lipinski definition) is 1. The summed E-state index contributed by atoms with van der Waals surface area (Å²) in [7, 11) is 2.84. The molecule has 1 fully saturated rings. The molecule has 7 heteroatoms. The number of amides is 2. The molecule has 0 atom stereocenters. The molecule has 0 spiro atoms. The van der Waals surface area contributed by atoms with E-state index in [1.54, 1.807) is 25.1 Å². The largest absolute Gasteiger partial charge is 0.502 e. The Morgan fingerprint density at radius 1 is 1.24 bits per heavy atom. The summed E-state index contributed by atoms with van der Waals surface area (Å²) in [6, 6.07) is 3.13. The zero-order valence-corrected chi connectivity index (χ0v) is 12.7. The molecule has 0 aliphatic carbocycles. The van der Waals surface area contributed by atoms with E-state index in [0.29, 0.717) is 17.0 Å². The van der Waals surface area contributed by atoms with Gasteiger partial charge < -0.3 is 14.6 Å². The van der Waals surface area contributed by atoms with Crippen LogP contribution in [0.15, 0.2) is 17.0 Å². The average molecular weight is 309 g/mol. The maximum atomic E-state index is 12.0. The van der Waals surface area contributed by atoms with Gasteiger partial charge in [0, 0.05) is 6.54 Å². The van der Waals surface area contributed by atoms with Crippen molar-refractivity contribution in [2.24, 2.45) is 0 Å². The van der Waals surface area contributed by atoms with E-state index in [9.17, 15) is 14.7 Å². The number of carbonyl (C=O) groups excluding carboxylic acids is 2. The van der Waals surface area contributed by atoms with Gasteiger partial charge in [-0.3, -0.25) is 14.5 Å². The summed E-state index contributed by atoms with van der Waals surface area (Å²) >= 11 is 0.887. The fraction of sp³-hybridized carbons (Fsp3) is 0.286. The maximum Gasteiger partial charge on any atom is 0.293 e. The van der Waals surface area contributed by atoms with Crippen LogP contribution in [0.25, 0.3) is 6.08 Å². The molecule has 1 saturated heterocycles. The molecule has 112 valence electrons. The Balaban J connectivity index is 2.42. The molecular formula is C14H15NO5S. The molecular weight excluding hydrogens is 294 g/mol. The van der Waals surface area contributed by atoms with E-state index in [0.717, 1.165) is 11.8 Å². The SMILES string of the molecule is CCN1C(=O)S/C(=C\c2cc(OC)c(O)c(OC)c2)C1=O. The maximum absolute atomic E-state index is 12.0. The van der Waals surface area contributed by atoms with Gasteiger partial charge in [-0.05, 0) is 42.5 Å². The lowest BCUT2D eigenvalue weighted by Crippen LogP contribution is -2.27. The van der Waals surface area contributed by atoms with Crippen LogP contribution in [0.2, 0.25) is 0 Å². The highest BCUT2D eigenvalue weighted by Gasteiger charge is 2.33. The van der Waals surface area contributed by atoms with Crippen molar-refractivity contribution in [2.75, 3.05) is 20.8 Å². The van der Waals surface area contributed by atoms with Crippen LogP contribution in [0.3, 0.4) is 0 Å². The highest BCUT2D eigenvalue weighted by atomic mass is 32.2. The Morgan fingerprint density at radius 3 is 2.24 bits per heavy atom. The van der Waals surface area contributed by atoms with Crippen LogP contribution < -0.4 is 9.47 Å². The molecule has 0 unspecified atom stereocenters. The molecule has 6 nitrogen and oxygen atoms in total. The molecule has 1 aliphatic rings. The van der Waals surface area contributed by atoms with Crippen LogP contribution in [0.4, 0.5) is 4.79 Å². The number of aromatic hydroxyl groups is 1. The predicted molar refractivity (Wildman–Crippen MR) is 79.6 cm³/mol. The highest BCUT2D eigenvalue weighted by Crippen LogP contribution is 2.39. The minimum Gasteiger partial charge on any atom is -0.502 e. The Hall–Kier alpha value is -2.15. The van der Waals surface area contributed by atoms with Crippen LogP contribution >= 0.6 is 11.8 Å². The Labute approximate surface area is 126 Å². The first-order valence-corrected chi connectivity index (χ1v) is 7.03. The quantitative estimate of drug-likeness (QED) is 0.861. The van der Waals surface area contributed by atoms with Crippen LogP contribution in [0.5, 0.6) is 17.2 Å². The third-order valence-electron chi connectivity index (χ3n) is 2.99. The van der Waals surface area contributed by atoms with E-state index < -0.39 is 0 Å². The van der Waals surface area contributed by atoms with Crippen LogP contribution in [0.1, 0.15) is 12.5 Å². The first-order valence-electron chi connectivity index (χ1n) is 6.22. The van der Waals surface area contributed by atoms with Crippen molar-refractivity contribution in [1.82, 2.24) is 4.90 Å². The molecule has 1 aliphatic heterocycles. The Kier molecular flexibility index (Phi) is 4.42. The summed E-state index contributed by atoms with van der Waals surface area (Å²) in [5.41, 5.74) is 0.600. The second-order valence-corrected chi connectivity index (χ2v) is 5.19. The summed E-state index contributed by atoms with van der Waals surface area (Å²) in [5.74, 6) is 0.0305. The molecule has 1 aromatic carbocycles. The lowest BCUT2D eigenvalue weighted by Gasteiger charge is -2.10. The summed E-state index contributed by atoms with van der Waals surface area (Å²) in [6.45, 7) is 2.08. The third-order valence-corrected chi connectivity index (χ3v) is 3.90. The van der Waals surface area contributed by atoms with Gasteiger partial charge in [-0.2, -0.15) is 0 Å². The molecule has 0 radical (unpaired) electrons. The molecule has 1 N–H and O–H groups in total. The molecule has 1 aromatic rings. The summed E-state index contributed by atoms with van der Waals surface area (Å²) in [4.78, 5) is 25.2. The molecule has 2 rings (SSSR count). The standard InChI is InChI=1S/C14H15NO5S/c1-4-15-13(17)11(21-14(15)18)7-8-5-9(19-2)12(16)10(6-8)20-3/h5-7,16H,4H2,1-3H3/b11-7-. The van der Waals surface area contributed by atoms with Gasteiger partial charge in [0.15, 0.2) is 11.5 Å². The van der Waals surface area contributed by atoms with Gasteiger partial charge in [0.2, 0.25) is 5.75 Å². The second kappa shape index (κ2) is 6.09. The van der Waals surface area contributed by atoms with E-state index >= 15 is 0 Å². The monoisotopic (exact) mass is 309 g/mol. The van der Waals surface area contributed by atoms with Crippen molar-refractivity contribution in [1.29, 1.82) is 0 Å². The molecule has 0 saturated carbocycles. The molecule has 21 heavy (non-hydrogen) atoms. The summed E-state index contributed by atoms with van der Waals surface area (Å²) in [6.07, 6.45) is 1.57. The van der Waals surface area contributed by atoms with Gasteiger partial charge in [-0.15, -0.1) is 0 Å². The van der Waals surface area contributed by atoms with E-state index in [1.165, 1.54) is 19.1 Å². The number of nitrogens with zero attached hydrogens (tertiary/aromatic N) is 1.